The summed E-state index contributed by atoms with van der Waals surface area (Å²) in [6.45, 7) is 9.05. The molecule has 2 aromatic rings. The molecule has 1 amide bonds. The number of anilines is 1. The molecule has 0 saturated heterocycles. The lowest BCUT2D eigenvalue weighted by Gasteiger charge is -2.20. The molecule has 0 unspecified atom stereocenters. The first-order valence-electron chi connectivity index (χ1n) is 8.56. The Morgan fingerprint density at radius 1 is 1.41 bits per heavy atom. The maximum absolute atomic E-state index is 12.1. The number of rotatable bonds is 3. The summed E-state index contributed by atoms with van der Waals surface area (Å²) in [4.78, 5) is 12.1. The van der Waals surface area contributed by atoms with Crippen LogP contribution in [0.5, 0.6) is 5.75 Å². The smallest absolute Gasteiger partial charge is 0.412 e. The van der Waals surface area contributed by atoms with Crippen LogP contribution in [0, 0.1) is 0 Å². The third-order valence-electron chi connectivity index (χ3n) is 2.94. The van der Waals surface area contributed by atoms with E-state index >= 15 is 0 Å². The Morgan fingerprint density at radius 2 is 2.14 bits per heavy atom. The van der Waals surface area contributed by atoms with Crippen molar-refractivity contribution in [2.24, 2.45) is 0 Å². The van der Waals surface area contributed by atoms with Crippen molar-refractivity contribution in [1.29, 1.82) is 0 Å². The molecule has 0 saturated carbocycles. The second-order valence-electron chi connectivity index (χ2n) is 6.29. The average molecular weight is 308 g/mol. The van der Waals surface area contributed by atoms with E-state index in [-0.39, 0.29) is 17.5 Å². The Bertz CT molecular complexity index is 776. The Labute approximate surface area is 134 Å². The monoisotopic (exact) mass is 308 g/mol. The second kappa shape index (κ2) is 5.87. The summed E-state index contributed by atoms with van der Waals surface area (Å²) in [5.74, 6) is 0.0366. The van der Waals surface area contributed by atoms with Gasteiger partial charge in [0.2, 0.25) is 0 Å². The van der Waals surface area contributed by atoms with Gasteiger partial charge in [-0.3, -0.25) is 10.00 Å². The van der Waals surface area contributed by atoms with E-state index < -0.39 is 18.7 Å². The molecule has 0 aliphatic carbocycles. The van der Waals surface area contributed by atoms with E-state index in [9.17, 15) is 4.79 Å². The lowest BCUT2D eigenvalue weighted by molar-refractivity contribution is 0.0635. The van der Waals surface area contributed by atoms with Crippen LogP contribution < -0.4 is 10.1 Å². The number of carbonyl (C=O) groups is 1. The zero-order chi connectivity index (χ0) is 19.0. The van der Waals surface area contributed by atoms with E-state index in [1.807, 2.05) is 13.8 Å². The van der Waals surface area contributed by atoms with Gasteiger partial charge in [-0.25, -0.2) is 4.79 Å². The van der Waals surface area contributed by atoms with Gasteiger partial charge < -0.3 is 9.47 Å². The van der Waals surface area contributed by atoms with Crippen molar-refractivity contribution < 1.29 is 18.4 Å². The fourth-order valence-electron chi connectivity index (χ4n) is 2.12. The Morgan fingerprint density at radius 3 is 2.73 bits per heavy atom. The molecule has 6 heteroatoms. The van der Waals surface area contributed by atoms with Gasteiger partial charge >= 0.3 is 6.09 Å². The van der Waals surface area contributed by atoms with Gasteiger partial charge in [-0.05, 0) is 46.8 Å². The lowest BCUT2D eigenvalue weighted by Crippen LogP contribution is -2.27. The van der Waals surface area contributed by atoms with Crippen molar-refractivity contribution in [2.75, 3.05) is 12.4 Å². The van der Waals surface area contributed by atoms with Crippen LogP contribution in [0.1, 0.15) is 44.8 Å². The van der Waals surface area contributed by atoms with Gasteiger partial charge in [0.25, 0.3) is 0 Å². The van der Waals surface area contributed by atoms with Crippen LogP contribution in [-0.4, -0.2) is 28.5 Å². The number of hydrogen-bond acceptors (Lipinski definition) is 4. The molecule has 0 bridgehead atoms. The highest BCUT2D eigenvalue weighted by Gasteiger charge is 2.20. The van der Waals surface area contributed by atoms with Crippen molar-refractivity contribution in [2.45, 2.75) is 46.3 Å². The number of nitrogens with one attached hydrogen (secondary N) is 1. The summed E-state index contributed by atoms with van der Waals surface area (Å²) >= 11 is 0. The number of aromatic nitrogens is 2. The first kappa shape index (κ1) is 12.3. The summed E-state index contributed by atoms with van der Waals surface area (Å²) in [6.07, 6.45) is 0.928. The highest BCUT2D eigenvalue weighted by atomic mass is 16.6. The van der Waals surface area contributed by atoms with Crippen molar-refractivity contribution in [3.63, 3.8) is 0 Å². The van der Waals surface area contributed by atoms with Crippen LogP contribution >= 0.6 is 0 Å². The van der Waals surface area contributed by atoms with Gasteiger partial charge in [0.15, 0.2) is 5.75 Å². The molecule has 0 spiro atoms. The van der Waals surface area contributed by atoms with Gasteiger partial charge in [-0.15, -0.1) is 0 Å². The molecule has 1 heterocycles. The van der Waals surface area contributed by atoms with Crippen LogP contribution in [0.4, 0.5) is 10.5 Å². The molecule has 0 fully saturated rings. The predicted molar refractivity (Wildman–Crippen MR) is 86.5 cm³/mol. The first-order chi connectivity index (χ1) is 11.4. The molecule has 22 heavy (non-hydrogen) atoms. The maximum Gasteiger partial charge on any atom is 0.412 e. The molecule has 1 N–H and O–H groups in total. The van der Waals surface area contributed by atoms with Gasteiger partial charge in [-0.2, -0.15) is 5.10 Å². The van der Waals surface area contributed by atoms with E-state index in [1.165, 1.54) is 0 Å². The van der Waals surface area contributed by atoms with E-state index in [0.717, 1.165) is 0 Å². The number of benzene rings is 1. The zero-order valence-electron chi connectivity index (χ0n) is 16.4. The predicted octanol–water partition coefficient (Wildman–Crippen LogP) is 3.97. The van der Waals surface area contributed by atoms with Gasteiger partial charge in [-0.1, -0.05) is 0 Å². The average Bonchev–Trinajstić information content (AvgIpc) is 2.82. The topological polar surface area (TPSA) is 65.4 Å². The molecule has 120 valence electrons. The van der Waals surface area contributed by atoms with Crippen molar-refractivity contribution in [3.05, 3.63) is 18.3 Å². The normalized spacial score (nSPS) is 14.4. The van der Waals surface area contributed by atoms with Crippen LogP contribution in [0.25, 0.3) is 10.9 Å². The summed E-state index contributed by atoms with van der Waals surface area (Å²) in [6, 6.07) is 3.29. The van der Waals surface area contributed by atoms with E-state index in [4.69, 9.17) is 13.6 Å². The third kappa shape index (κ3) is 3.32. The number of methoxy groups -OCH3 is 1. The van der Waals surface area contributed by atoms with Crippen molar-refractivity contribution in [3.8, 4) is 5.75 Å². The summed E-state index contributed by atoms with van der Waals surface area (Å²) in [5, 5.41) is 7.55. The quantitative estimate of drug-likeness (QED) is 0.931. The Kier molecular flexibility index (Phi) is 3.28. The summed E-state index contributed by atoms with van der Waals surface area (Å²) < 4.78 is 34.4. The van der Waals surface area contributed by atoms with Crippen LogP contribution in [0.2, 0.25) is 0 Å². The van der Waals surface area contributed by atoms with Crippen molar-refractivity contribution >= 4 is 22.7 Å². The number of ether oxygens (including phenoxy) is 2. The minimum atomic E-state index is -2.68. The van der Waals surface area contributed by atoms with Crippen LogP contribution in [0.3, 0.4) is 0 Å². The Hall–Kier alpha value is -2.24. The molecule has 2 rings (SSSR count). The van der Waals surface area contributed by atoms with E-state index in [1.54, 1.807) is 43.8 Å². The van der Waals surface area contributed by atoms with E-state index in [0.29, 0.717) is 10.9 Å². The largest absolute Gasteiger partial charge is 0.492 e. The van der Waals surface area contributed by atoms with Crippen LogP contribution in [0.15, 0.2) is 18.3 Å². The highest BCUT2D eigenvalue weighted by molar-refractivity contribution is 5.96. The Balaban J connectivity index is 2.53. The molecule has 1 aromatic heterocycles. The molecule has 0 aliphatic heterocycles. The van der Waals surface area contributed by atoms with Gasteiger partial charge in [0, 0.05) is 11.4 Å². The lowest BCUT2D eigenvalue weighted by atomic mass is 10.2. The summed E-state index contributed by atoms with van der Waals surface area (Å²) in [5.41, 5.74) is 0.0267. The first-order valence-corrected chi connectivity index (χ1v) is 7.06. The highest BCUT2D eigenvalue weighted by Crippen LogP contribution is 2.35. The number of carbonyl (C=O) groups excluding carboxylic acids is 1. The molecular weight excluding hydrogens is 282 g/mol. The molecule has 0 aliphatic rings. The van der Waals surface area contributed by atoms with Crippen LogP contribution in [-0.2, 0) is 4.74 Å². The fourth-order valence-corrected chi connectivity index (χ4v) is 2.12. The minimum absolute atomic E-state index is 0.0202. The maximum atomic E-state index is 12.1. The second-order valence-corrected chi connectivity index (χ2v) is 6.29. The molecule has 1 aromatic carbocycles. The van der Waals surface area contributed by atoms with E-state index in [2.05, 4.69) is 10.4 Å². The number of hydrogen-bond donors (Lipinski definition) is 1. The molecule has 6 nitrogen and oxygen atoms in total. The van der Waals surface area contributed by atoms with Gasteiger partial charge in [0.05, 0.1) is 23.0 Å². The zero-order valence-corrected chi connectivity index (χ0v) is 13.4. The number of fused-ring (bicyclic) bond motifs is 1. The number of nitrogens with zero attached hydrogens (tertiary/aromatic N) is 2. The standard InChI is InChI=1S/C16H23N3O3/c1-10(2)19-13-11(9-17-19)7-8-12(14(13)21-6)18-15(20)22-16(3,4)5/h7-10H,1-6H3,(H,18,20)/i6D3. The number of amides is 1. The van der Waals surface area contributed by atoms with Crippen molar-refractivity contribution in [1.82, 2.24) is 9.78 Å². The van der Waals surface area contributed by atoms with Gasteiger partial charge in [0.1, 0.15) is 11.1 Å². The molecule has 0 atom stereocenters. The SMILES string of the molecule is [2H]C([2H])([2H])Oc1c(NC(=O)OC(C)(C)C)ccc2cnn(C(C)C)c12. The minimum Gasteiger partial charge on any atom is -0.492 e. The third-order valence-corrected chi connectivity index (χ3v) is 2.94. The molecule has 0 radical (unpaired) electrons. The fraction of sp³-hybridized carbons (Fsp3) is 0.500. The summed E-state index contributed by atoms with van der Waals surface area (Å²) in [7, 11) is -2.68. The molecular formula is C16H23N3O3.